The Balaban J connectivity index is 2.44. The fraction of sp³-hybridized carbons (Fsp3) is 0.222. The van der Waals surface area contributed by atoms with Gasteiger partial charge in [-0.05, 0) is 19.1 Å². The van der Waals surface area contributed by atoms with Crippen LogP contribution in [0.2, 0.25) is 0 Å². The minimum atomic E-state index is -0.564. The van der Waals surface area contributed by atoms with Gasteiger partial charge in [0.1, 0.15) is 11.4 Å². The van der Waals surface area contributed by atoms with Crippen LogP contribution in [0.1, 0.15) is 16.2 Å². The molecule has 0 aliphatic carbocycles. The molecule has 16 heavy (non-hydrogen) atoms. The van der Waals surface area contributed by atoms with E-state index in [1.807, 2.05) is 6.92 Å². The average molecular weight is 219 g/mol. The number of ether oxygens (including phenoxy) is 1. The van der Waals surface area contributed by atoms with Crippen LogP contribution >= 0.6 is 0 Å². The maximum atomic E-state index is 11.3. The lowest BCUT2D eigenvalue weighted by molar-refractivity contribution is 0.0595. The average Bonchev–Trinajstić information content (AvgIpc) is 2.78. The minimum Gasteiger partial charge on any atom is -0.464 e. The molecule has 0 spiro atoms. The molecular weight excluding hydrogens is 210 g/mol. The zero-order chi connectivity index (χ0) is 11.5. The van der Waals surface area contributed by atoms with E-state index >= 15 is 0 Å². The van der Waals surface area contributed by atoms with E-state index in [0.29, 0.717) is 11.4 Å². The zero-order valence-electron chi connectivity index (χ0n) is 8.76. The summed E-state index contributed by atoms with van der Waals surface area (Å²) in [5.41, 5.74) is 1.69. The molecule has 2 aromatic heterocycles. The van der Waals surface area contributed by atoms with Crippen LogP contribution in [-0.4, -0.2) is 38.7 Å². The Hall–Kier alpha value is -2.31. The summed E-state index contributed by atoms with van der Waals surface area (Å²) in [6, 6.07) is 3.49. The Kier molecular flexibility index (Phi) is 2.59. The summed E-state index contributed by atoms with van der Waals surface area (Å²) in [4.78, 5) is 11.3. The number of carbonyl (C=O) groups is 1. The Morgan fingerprint density at radius 1 is 1.31 bits per heavy atom. The van der Waals surface area contributed by atoms with E-state index in [-0.39, 0.29) is 5.69 Å². The van der Waals surface area contributed by atoms with Crippen LogP contribution in [0.5, 0.6) is 0 Å². The monoisotopic (exact) mass is 219 g/mol. The standard InChI is InChI=1S/C9H9N5O2/c1-5-3-4-6(11-10-5)7-8(9(15)16-2)13-14-12-7/h3-4H,1-2H3,(H,12,13,14). The number of esters is 1. The van der Waals surface area contributed by atoms with Gasteiger partial charge in [-0.25, -0.2) is 4.79 Å². The lowest BCUT2D eigenvalue weighted by atomic mass is 10.2. The van der Waals surface area contributed by atoms with Crippen LogP contribution in [0.25, 0.3) is 11.4 Å². The van der Waals surface area contributed by atoms with Crippen molar-refractivity contribution in [3.63, 3.8) is 0 Å². The summed E-state index contributed by atoms with van der Waals surface area (Å²) in [7, 11) is 1.28. The van der Waals surface area contributed by atoms with E-state index in [4.69, 9.17) is 0 Å². The number of nitrogens with zero attached hydrogens (tertiary/aromatic N) is 4. The van der Waals surface area contributed by atoms with E-state index < -0.39 is 5.97 Å². The number of H-pyrrole nitrogens is 1. The van der Waals surface area contributed by atoms with Crippen molar-refractivity contribution in [1.82, 2.24) is 25.6 Å². The first-order valence-electron chi connectivity index (χ1n) is 4.52. The van der Waals surface area contributed by atoms with E-state index in [2.05, 4.69) is 30.3 Å². The number of aryl methyl sites for hydroxylation is 1. The maximum Gasteiger partial charge on any atom is 0.360 e. The second-order valence-electron chi connectivity index (χ2n) is 3.07. The summed E-state index contributed by atoms with van der Waals surface area (Å²) in [6.45, 7) is 1.82. The van der Waals surface area contributed by atoms with Gasteiger partial charge in [0.15, 0.2) is 5.69 Å². The fourth-order valence-corrected chi connectivity index (χ4v) is 1.17. The van der Waals surface area contributed by atoms with Gasteiger partial charge in [-0.1, -0.05) is 0 Å². The number of hydrogen-bond donors (Lipinski definition) is 1. The summed E-state index contributed by atoms with van der Waals surface area (Å²) in [6.07, 6.45) is 0. The van der Waals surface area contributed by atoms with Crippen molar-refractivity contribution in [2.24, 2.45) is 0 Å². The number of methoxy groups -OCH3 is 1. The molecule has 82 valence electrons. The molecule has 0 saturated heterocycles. The Morgan fingerprint density at radius 2 is 2.12 bits per heavy atom. The molecule has 0 unspecified atom stereocenters. The highest BCUT2D eigenvalue weighted by atomic mass is 16.5. The van der Waals surface area contributed by atoms with Crippen molar-refractivity contribution in [3.05, 3.63) is 23.5 Å². The van der Waals surface area contributed by atoms with Gasteiger partial charge >= 0.3 is 5.97 Å². The van der Waals surface area contributed by atoms with Crippen molar-refractivity contribution < 1.29 is 9.53 Å². The first-order chi connectivity index (χ1) is 7.72. The summed E-state index contributed by atoms with van der Waals surface area (Å²) >= 11 is 0. The first kappa shape index (κ1) is 10.2. The third-order valence-corrected chi connectivity index (χ3v) is 1.97. The first-order valence-corrected chi connectivity index (χ1v) is 4.52. The lowest BCUT2D eigenvalue weighted by Gasteiger charge is -1.98. The SMILES string of the molecule is COC(=O)c1n[nH]nc1-c1ccc(C)nn1. The largest absolute Gasteiger partial charge is 0.464 e. The molecule has 0 bridgehead atoms. The molecule has 0 radical (unpaired) electrons. The van der Waals surface area contributed by atoms with Crippen molar-refractivity contribution in [2.45, 2.75) is 6.92 Å². The van der Waals surface area contributed by atoms with Gasteiger partial charge in [0.25, 0.3) is 0 Å². The van der Waals surface area contributed by atoms with Gasteiger partial charge in [0.2, 0.25) is 0 Å². The second-order valence-corrected chi connectivity index (χ2v) is 3.07. The summed E-state index contributed by atoms with van der Waals surface area (Å²) in [5, 5.41) is 17.7. The summed E-state index contributed by atoms with van der Waals surface area (Å²) in [5.74, 6) is -0.564. The molecule has 0 aliphatic heterocycles. The molecule has 0 amide bonds. The number of carbonyl (C=O) groups excluding carboxylic acids is 1. The molecule has 2 aromatic rings. The number of aromatic nitrogens is 5. The Labute approximate surface area is 90.9 Å². The van der Waals surface area contributed by atoms with Gasteiger partial charge in [-0.15, -0.1) is 10.2 Å². The van der Waals surface area contributed by atoms with Crippen LogP contribution in [0, 0.1) is 6.92 Å². The maximum absolute atomic E-state index is 11.3. The van der Waals surface area contributed by atoms with Crippen molar-refractivity contribution in [1.29, 1.82) is 0 Å². The number of nitrogens with one attached hydrogen (secondary N) is 1. The normalized spacial score (nSPS) is 10.1. The Morgan fingerprint density at radius 3 is 2.75 bits per heavy atom. The van der Waals surface area contributed by atoms with Gasteiger partial charge in [-0.2, -0.15) is 15.4 Å². The van der Waals surface area contributed by atoms with Crippen LogP contribution < -0.4 is 0 Å². The number of hydrogen-bond acceptors (Lipinski definition) is 6. The fourth-order valence-electron chi connectivity index (χ4n) is 1.17. The minimum absolute atomic E-state index is 0.0978. The van der Waals surface area contributed by atoms with Crippen molar-refractivity contribution in [2.75, 3.05) is 7.11 Å². The molecule has 1 N–H and O–H groups in total. The molecule has 0 atom stereocenters. The third-order valence-electron chi connectivity index (χ3n) is 1.97. The van der Waals surface area contributed by atoms with Crippen molar-refractivity contribution >= 4 is 5.97 Å². The molecule has 2 heterocycles. The Bertz CT molecular complexity index is 505. The number of rotatable bonds is 2. The topological polar surface area (TPSA) is 93.7 Å². The molecule has 0 aliphatic rings. The van der Waals surface area contributed by atoms with E-state index in [1.165, 1.54) is 7.11 Å². The highest BCUT2D eigenvalue weighted by Gasteiger charge is 2.19. The van der Waals surface area contributed by atoms with Crippen molar-refractivity contribution in [3.8, 4) is 11.4 Å². The predicted octanol–water partition coefficient (Wildman–Crippen LogP) is 0.357. The second kappa shape index (κ2) is 4.05. The molecule has 2 rings (SSSR count). The van der Waals surface area contributed by atoms with Gasteiger partial charge in [-0.3, -0.25) is 0 Å². The van der Waals surface area contributed by atoms with Crippen LogP contribution in [-0.2, 0) is 4.74 Å². The smallest absolute Gasteiger partial charge is 0.360 e. The van der Waals surface area contributed by atoms with Gasteiger partial charge in [0, 0.05) is 0 Å². The molecular formula is C9H9N5O2. The predicted molar refractivity (Wildman–Crippen MR) is 53.5 cm³/mol. The van der Waals surface area contributed by atoms with Gasteiger partial charge < -0.3 is 4.74 Å². The van der Waals surface area contributed by atoms with Crippen LogP contribution in [0.15, 0.2) is 12.1 Å². The van der Waals surface area contributed by atoms with E-state index in [1.54, 1.807) is 12.1 Å². The van der Waals surface area contributed by atoms with Crippen LogP contribution in [0.4, 0.5) is 0 Å². The molecule has 7 nitrogen and oxygen atoms in total. The third kappa shape index (κ3) is 1.74. The van der Waals surface area contributed by atoms with E-state index in [0.717, 1.165) is 5.69 Å². The molecule has 0 fully saturated rings. The highest BCUT2D eigenvalue weighted by Crippen LogP contribution is 2.16. The molecule has 0 aromatic carbocycles. The molecule has 0 saturated carbocycles. The zero-order valence-corrected chi connectivity index (χ0v) is 8.76. The summed E-state index contributed by atoms with van der Waals surface area (Å²) < 4.78 is 4.57. The van der Waals surface area contributed by atoms with Crippen LogP contribution in [0.3, 0.4) is 0 Å². The quantitative estimate of drug-likeness (QED) is 0.733. The van der Waals surface area contributed by atoms with E-state index in [9.17, 15) is 4.79 Å². The van der Waals surface area contributed by atoms with Gasteiger partial charge in [0.05, 0.1) is 12.8 Å². The number of aromatic amines is 1. The highest BCUT2D eigenvalue weighted by molar-refractivity contribution is 5.93. The lowest BCUT2D eigenvalue weighted by Crippen LogP contribution is -2.04. The molecule has 7 heteroatoms.